The number of pyridine rings is 2. The second-order valence-electron chi connectivity index (χ2n) is 9.21. The van der Waals surface area contributed by atoms with Gasteiger partial charge in [-0.3, -0.25) is 0 Å². The quantitative estimate of drug-likeness (QED) is 0.150. The molecule has 2 aromatic heterocycles. The van der Waals surface area contributed by atoms with Gasteiger partial charge >= 0.3 is 0 Å². The normalized spacial score (nSPS) is 12.1. The summed E-state index contributed by atoms with van der Waals surface area (Å²) in [7, 11) is 0. The maximum atomic E-state index is 4.55. The van der Waals surface area contributed by atoms with E-state index < -0.39 is 0 Å². The minimum Gasteiger partial charge on any atom is -0.305 e. The van der Waals surface area contributed by atoms with Gasteiger partial charge in [-0.25, -0.2) is 0 Å². The number of rotatable bonds is 2. The van der Waals surface area contributed by atoms with Gasteiger partial charge in [0.2, 0.25) is 0 Å². The first-order valence-electron chi connectivity index (χ1n) is 12.8. The molecule has 0 saturated heterocycles. The Morgan fingerprint density at radius 1 is 0.575 bits per heavy atom. The molecule has 40 heavy (non-hydrogen) atoms. The van der Waals surface area contributed by atoms with Crippen LogP contribution in [0.5, 0.6) is 0 Å². The van der Waals surface area contributed by atoms with Gasteiger partial charge in [-0.2, -0.15) is 0 Å². The van der Waals surface area contributed by atoms with Crippen LogP contribution in [0.2, 0.25) is 0 Å². The zero-order chi connectivity index (χ0) is 26.0. The van der Waals surface area contributed by atoms with Crippen molar-refractivity contribution in [3.05, 3.63) is 140 Å². The first-order chi connectivity index (χ1) is 19.3. The molecule has 1 radical (unpaired) electrons. The van der Waals surface area contributed by atoms with Crippen molar-refractivity contribution in [3.63, 3.8) is 0 Å². The maximum Gasteiger partial charge on any atom is 0.195 e. The smallest absolute Gasteiger partial charge is 0.195 e. The molecule has 2 aliphatic heterocycles. The van der Waals surface area contributed by atoms with Crippen LogP contribution in [0.15, 0.2) is 147 Å². The molecule has 0 amide bonds. The Morgan fingerprint density at radius 2 is 1.18 bits per heavy atom. The predicted octanol–water partition coefficient (Wildman–Crippen LogP) is 6.54. The molecule has 0 bridgehead atoms. The van der Waals surface area contributed by atoms with Crippen LogP contribution < -0.4 is 16.4 Å². The van der Waals surface area contributed by atoms with Crippen molar-refractivity contribution in [2.24, 2.45) is 0 Å². The second-order valence-corrected chi connectivity index (χ2v) is 11.3. The van der Waals surface area contributed by atoms with Crippen molar-refractivity contribution < 1.29 is 20.1 Å². The summed E-state index contributed by atoms with van der Waals surface area (Å²) in [6, 6.07) is 46.4. The Bertz CT molecular complexity index is 1660. The molecule has 2 aliphatic rings. The Labute approximate surface area is 257 Å². The van der Waals surface area contributed by atoms with Crippen LogP contribution in [0.1, 0.15) is 0 Å². The molecule has 0 spiro atoms. The number of hydrogen-bond acceptors (Lipinski definition) is 4. The molecule has 6 aromatic rings. The van der Waals surface area contributed by atoms with Crippen molar-refractivity contribution in [2.75, 3.05) is 0 Å². The molecule has 0 N–H and O–H groups in total. The minimum atomic E-state index is 0. The summed E-state index contributed by atoms with van der Waals surface area (Å²) >= 11 is 3.71. The van der Waals surface area contributed by atoms with E-state index in [4.69, 9.17) is 0 Å². The molecular formula is C34H21BIrN2S2-2. The van der Waals surface area contributed by atoms with E-state index in [1.54, 1.807) is 6.20 Å². The van der Waals surface area contributed by atoms with Crippen molar-refractivity contribution in [3.8, 4) is 22.5 Å². The van der Waals surface area contributed by atoms with Gasteiger partial charge in [-0.05, 0) is 35.7 Å². The third kappa shape index (κ3) is 5.21. The first-order valence-corrected chi connectivity index (χ1v) is 14.4. The largest absolute Gasteiger partial charge is 0.305 e. The number of fused-ring (bicyclic) bond motifs is 4. The van der Waals surface area contributed by atoms with Crippen LogP contribution in [-0.2, 0) is 20.1 Å². The number of benzene rings is 4. The fraction of sp³-hybridized carbons (Fsp3) is 0. The van der Waals surface area contributed by atoms with Crippen LogP contribution in [0.3, 0.4) is 0 Å². The first kappa shape index (κ1) is 26.8. The summed E-state index contributed by atoms with van der Waals surface area (Å²) < 4.78 is 0. The average Bonchev–Trinajstić information content (AvgIpc) is 3.02. The molecule has 0 fully saturated rings. The molecule has 8 rings (SSSR count). The number of nitrogens with zero attached hydrogens (tertiary/aromatic N) is 2. The topological polar surface area (TPSA) is 25.8 Å². The molecular weight excluding hydrogens is 704 g/mol. The van der Waals surface area contributed by atoms with Crippen LogP contribution in [-0.4, -0.2) is 16.7 Å². The van der Waals surface area contributed by atoms with Gasteiger partial charge in [-0.15, -0.1) is 82.6 Å². The molecule has 2 nitrogen and oxygen atoms in total. The van der Waals surface area contributed by atoms with E-state index in [2.05, 4.69) is 82.8 Å². The zero-order valence-corrected chi connectivity index (χ0v) is 25.3. The molecule has 193 valence electrons. The van der Waals surface area contributed by atoms with E-state index in [9.17, 15) is 0 Å². The fourth-order valence-corrected chi connectivity index (χ4v) is 7.48. The fourth-order valence-electron chi connectivity index (χ4n) is 5.05. The van der Waals surface area contributed by atoms with Gasteiger partial charge in [0.1, 0.15) is 0 Å². The van der Waals surface area contributed by atoms with E-state index in [-0.39, 0.29) is 20.1 Å². The van der Waals surface area contributed by atoms with E-state index in [1.807, 2.05) is 84.3 Å². The Morgan fingerprint density at radius 3 is 1.80 bits per heavy atom. The van der Waals surface area contributed by atoms with Crippen molar-refractivity contribution in [1.29, 1.82) is 0 Å². The Kier molecular flexibility index (Phi) is 8.04. The van der Waals surface area contributed by atoms with Crippen molar-refractivity contribution >= 4 is 46.6 Å². The summed E-state index contributed by atoms with van der Waals surface area (Å²) in [5.41, 5.74) is 8.28. The summed E-state index contributed by atoms with van der Waals surface area (Å²) in [6.45, 7) is 0.291. The van der Waals surface area contributed by atoms with Crippen LogP contribution in [0.25, 0.3) is 22.5 Å². The standard InChI is InChI=1S/C23H13BNS2.C11H8N.Ir/c1-3-10-19-16(7-1)24-17-8-2-4-11-20(17)27-22-14-15(13-21(26-19)23(22)24)18-9-5-6-12-25-18;1-2-6-10(7-3-1)11-8-4-5-9-12-11;/h1-13H;1-6,8-9H;/q2*-1;. The number of hydrogen-bond donors (Lipinski definition) is 0. The van der Waals surface area contributed by atoms with Crippen LogP contribution in [0.4, 0.5) is 0 Å². The van der Waals surface area contributed by atoms with E-state index >= 15 is 0 Å². The van der Waals surface area contributed by atoms with Crippen LogP contribution in [0, 0.1) is 12.1 Å². The number of aromatic nitrogens is 2. The van der Waals surface area contributed by atoms with E-state index in [0.717, 1.165) is 22.5 Å². The summed E-state index contributed by atoms with van der Waals surface area (Å²) in [6.07, 6.45) is 3.64. The van der Waals surface area contributed by atoms with Gasteiger partial charge in [0.05, 0.1) is 0 Å². The van der Waals surface area contributed by atoms with Gasteiger partial charge in [0.25, 0.3) is 0 Å². The Balaban J connectivity index is 0.000000188. The SMILES string of the molecule is [Ir].[c-]1c(-c2ccccn2)cc2c3c1Sc1ccccc1B3c1ccccc1S2.[c-]1ccccc1-c1ccccn1. The molecule has 6 heteroatoms. The molecule has 4 heterocycles. The molecule has 0 saturated carbocycles. The summed E-state index contributed by atoms with van der Waals surface area (Å²) in [5, 5.41) is 0. The van der Waals surface area contributed by atoms with E-state index in [1.165, 1.54) is 36.0 Å². The van der Waals surface area contributed by atoms with Gasteiger partial charge in [0, 0.05) is 42.3 Å². The molecule has 0 atom stereocenters. The molecule has 4 aromatic carbocycles. The van der Waals surface area contributed by atoms with Gasteiger partial charge in [0.15, 0.2) is 6.71 Å². The average molecular weight is 725 g/mol. The van der Waals surface area contributed by atoms with Gasteiger partial charge in [-0.1, -0.05) is 81.4 Å². The van der Waals surface area contributed by atoms with Gasteiger partial charge < -0.3 is 9.97 Å². The van der Waals surface area contributed by atoms with Crippen LogP contribution >= 0.6 is 23.5 Å². The predicted molar refractivity (Wildman–Crippen MR) is 163 cm³/mol. The summed E-state index contributed by atoms with van der Waals surface area (Å²) in [5.74, 6) is 0. The monoisotopic (exact) mass is 725 g/mol. The molecule has 0 aliphatic carbocycles. The minimum absolute atomic E-state index is 0. The maximum absolute atomic E-state index is 4.55. The summed E-state index contributed by atoms with van der Waals surface area (Å²) in [4.78, 5) is 14.0. The Hall–Kier alpha value is -3.41. The van der Waals surface area contributed by atoms with Crippen molar-refractivity contribution in [2.45, 2.75) is 19.6 Å². The third-order valence-corrected chi connectivity index (χ3v) is 9.07. The second kappa shape index (κ2) is 12.0. The third-order valence-electron chi connectivity index (χ3n) is 6.81. The van der Waals surface area contributed by atoms with Crippen molar-refractivity contribution in [1.82, 2.24) is 9.97 Å². The zero-order valence-electron chi connectivity index (χ0n) is 21.2. The van der Waals surface area contributed by atoms with E-state index in [0.29, 0.717) is 6.71 Å². The molecule has 0 unspecified atom stereocenters.